The molecule has 3 N–H and O–H groups in total. The number of nitrogens with two attached hydrogens (primary N) is 1. The van der Waals surface area contributed by atoms with Crippen LogP contribution in [-0.2, 0) is 6.42 Å². The van der Waals surface area contributed by atoms with E-state index in [1.54, 1.807) is 18.2 Å². The summed E-state index contributed by atoms with van der Waals surface area (Å²) in [7, 11) is 0. The van der Waals surface area contributed by atoms with E-state index in [-0.39, 0.29) is 5.76 Å². The minimum absolute atomic E-state index is 0.0121. The average molecular weight is 205 g/mol. The summed E-state index contributed by atoms with van der Waals surface area (Å²) in [6.45, 7) is 1.89. The van der Waals surface area contributed by atoms with Gasteiger partial charge in [-0.2, -0.15) is 0 Å². The van der Waals surface area contributed by atoms with E-state index < -0.39 is 5.97 Å². The zero-order valence-corrected chi connectivity index (χ0v) is 8.28. The number of aryl methyl sites for hydroxylation is 1. The van der Waals surface area contributed by atoms with Crippen LogP contribution in [0.4, 0.5) is 5.69 Å². The van der Waals surface area contributed by atoms with E-state index >= 15 is 0 Å². The van der Waals surface area contributed by atoms with Crippen molar-refractivity contribution in [3.05, 3.63) is 29.5 Å². The molecule has 1 aromatic heterocycles. The Hall–Kier alpha value is -1.97. The summed E-state index contributed by atoms with van der Waals surface area (Å²) in [5.74, 6) is -1.03. The molecule has 0 saturated heterocycles. The van der Waals surface area contributed by atoms with E-state index in [4.69, 9.17) is 15.3 Å². The second-order valence-electron chi connectivity index (χ2n) is 3.32. The van der Waals surface area contributed by atoms with Crippen LogP contribution < -0.4 is 5.73 Å². The molecule has 78 valence electrons. The van der Waals surface area contributed by atoms with Gasteiger partial charge in [0.1, 0.15) is 5.58 Å². The summed E-state index contributed by atoms with van der Waals surface area (Å²) >= 11 is 0. The third-order valence-electron chi connectivity index (χ3n) is 2.36. The Morgan fingerprint density at radius 2 is 2.27 bits per heavy atom. The smallest absolute Gasteiger partial charge is 0.372 e. The third-order valence-corrected chi connectivity index (χ3v) is 2.36. The Morgan fingerprint density at radius 1 is 1.53 bits per heavy atom. The fourth-order valence-corrected chi connectivity index (χ4v) is 1.69. The molecule has 15 heavy (non-hydrogen) atoms. The number of carboxylic acid groups (broad SMARTS) is 1. The topological polar surface area (TPSA) is 76.5 Å². The molecule has 0 aliphatic carbocycles. The van der Waals surface area contributed by atoms with Gasteiger partial charge in [0.2, 0.25) is 5.76 Å². The SMILES string of the molecule is CCc1c(C(=O)O)oc2ccc(N)cc12. The van der Waals surface area contributed by atoms with Crippen LogP contribution in [0.1, 0.15) is 23.0 Å². The van der Waals surface area contributed by atoms with Gasteiger partial charge < -0.3 is 15.3 Å². The Labute approximate surface area is 86.3 Å². The molecule has 0 amide bonds. The molecule has 0 spiro atoms. The van der Waals surface area contributed by atoms with Crippen LogP contribution >= 0.6 is 0 Å². The van der Waals surface area contributed by atoms with Crippen molar-refractivity contribution in [3.63, 3.8) is 0 Å². The molecular formula is C11H11NO3. The van der Waals surface area contributed by atoms with Crippen molar-refractivity contribution in [2.45, 2.75) is 13.3 Å². The van der Waals surface area contributed by atoms with Crippen LogP contribution in [0.15, 0.2) is 22.6 Å². The Kier molecular flexibility index (Phi) is 2.11. The van der Waals surface area contributed by atoms with Crippen LogP contribution in [0.5, 0.6) is 0 Å². The van der Waals surface area contributed by atoms with Crippen LogP contribution in [0.25, 0.3) is 11.0 Å². The molecule has 1 aromatic carbocycles. The Bertz CT molecular complexity index is 528. The molecule has 0 saturated carbocycles. The zero-order valence-electron chi connectivity index (χ0n) is 8.28. The van der Waals surface area contributed by atoms with Gasteiger partial charge in [-0.05, 0) is 24.6 Å². The second-order valence-corrected chi connectivity index (χ2v) is 3.32. The van der Waals surface area contributed by atoms with Crippen molar-refractivity contribution in [2.75, 3.05) is 5.73 Å². The summed E-state index contributed by atoms with van der Waals surface area (Å²) in [5.41, 5.74) is 7.52. The highest BCUT2D eigenvalue weighted by Crippen LogP contribution is 2.28. The van der Waals surface area contributed by atoms with Gasteiger partial charge >= 0.3 is 5.97 Å². The highest BCUT2D eigenvalue weighted by atomic mass is 16.4. The first-order chi connectivity index (χ1) is 7.13. The third kappa shape index (κ3) is 1.44. The minimum atomic E-state index is -1.04. The molecule has 0 radical (unpaired) electrons. The van der Waals surface area contributed by atoms with E-state index in [1.165, 1.54) is 0 Å². The molecule has 4 heteroatoms. The lowest BCUT2D eigenvalue weighted by atomic mass is 10.1. The lowest BCUT2D eigenvalue weighted by Crippen LogP contribution is -1.97. The quantitative estimate of drug-likeness (QED) is 0.737. The fourth-order valence-electron chi connectivity index (χ4n) is 1.69. The average Bonchev–Trinajstić information content (AvgIpc) is 2.55. The summed E-state index contributed by atoms with van der Waals surface area (Å²) in [6, 6.07) is 5.12. The molecule has 4 nitrogen and oxygen atoms in total. The van der Waals surface area contributed by atoms with Gasteiger partial charge in [0.05, 0.1) is 0 Å². The molecule has 0 atom stereocenters. The number of hydrogen-bond acceptors (Lipinski definition) is 3. The van der Waals surface area contributed by atoms with Gasteiger partial charge in [0.15, 0.2) is 0 Å². The molecule has 0 unspecified atom stereocenters. The number of fused-ring (bicyclic) bond motifs is 1. The first-order valence-electron chi connectivity index (χ1n) is 4.67. The summed E-state index contributed by atoms with van der Waals surface area (Å²) in [6.07, 6.45) is 0.609. The Morgan fingerprint density at radius 3 is 2.87 bits per heavy atom. The molecule has 0 aliphatic heterocycles. The number of carbonyl (C=O) groups is 1. The summed E-state index contributed by atoms with van der Waals surface area (Å²) in [4.78, 5) is 10.9. The Balaban J connectivity index is 2.79. The van der Waals surface area contributed by atoms with Crippen molar-refractivity contribution in [1.29, 1.82) is 0 Å². The van der Waals surface area contributed by atoms with E-state index in [0.717, 1.165) is 5.39 Å². The monoisotopic (exact) mass is 205 g/mol. The highest BCUT2D eigenvalue weighted by Gasteiger charge is 2.18. The second kappa shape index (κ2) is 3.31. The number of carboxylic acids is 1. The number of nitrogen functional groups attached to an aromatic ring is 1. The zero-order chi connectivity index (χ0) is 11.0. The molecule has 0 fully saturated rings. The molecule has 1 heterocycles. The van der Waals surface area contributed by atoms with Gasteiger partial charge in [-0.1, -0.05) is 6.92 Å². The number of aromatic carboxylic acids is 1. The molecule has 2 aromatic rings. The van der Waals surface area contributed by atoms with Gasteiger partial charge in [-0.15, -0.1) is 0 Å². The van der Waals surface area contributed by atoms with E-state index in [9.17, 15) is 4.79 Å². The number of rotatable bonds is 2. The van der Waals surface area contributed by atoms with Crippen LogP contribution in [0.2, 0.25) is 0 Å². The number of anilines is 1. The number of hydrogen-bond donors (Lipinski definition) is 2. The maximum absolute atomic E-state index is 10.9. The first kappa shape index (κ1) is 9.58. The highest BCUT2D eigenvalue weighted by molar-refractivity contribution is 5.96. The maximum atomic E-state index is 10.9. The van der Waals surface area contributed by atoms with E-state index in [1.807, 2.05) is 6.92 Å². The van der Waals surface area contributed by atoms with Crippen LogP contribution in [0, 0.1) is 0 Å². The molecule has 0 bridgehead atoms. The van der Waals surface area contributed by atoms with Crippen LogP contribution in [-0.4, -0.2) is 11.1 Å². The lowest BCUT2D eigenvalue weighted by molar-refractivity contribution is 0.0663. The van der Waals surface area contributed by atoms with Crippen LogP contribution in [0.3, 0.4) is 0 Å². The molecule has 0 aliphatic rings. The van der Waals surface area contributed by atoms with Gasteiger partial charge in [0, 0.05) is 16.6 Å². The van der Waals surface area contributed by atoms with Crippen molar-refractivity contribution >= 4 is 22.6 Å². The van der Waals surface area contributed by atoms with Crippen molar-refractivity contribution in [2.24, 2.45) is 0 Å². The predicted octanol–water partition coefficient (Wildman–Crippen LogP) is 2.28. The summed E-state index contributed by atoms with van der Waals surface area (Å²) in [5, 5.41) is 9.73. The van der Waals surface area contributed by atoms with E-state index in [0.29, 0.717) is 23.3 Å². The largest absolute Gasteiger partial charge is 0.475 e. The minimum Gasteiger partial charge on any atom is -0.475 e. The van der Waals surface area contributed by atoms with Crippen molar-refractivity contribution < 1.29 is 14.3 Å². The molecular weight excluding hydrogens is 194 g/mol. The lowest BCUT2D eigenvalue weighted by Gasteiger charge is -1.94. The van der Waals surface area contributed by atoms with E-state index in [2.05, 4.69) is 0 Å². The summed E-state index contributed by atoms with van der Waals surface area (Å²) < 4.78 is 5.25. The van der Waals surface area contributed by atoms with Crippen molar-refractivity contribution in [1.82, 2.24) is 0 Å². The number of furan rings is 1. The van der Waals surface area contributed by atoms with Gasteiger partial charge in [0.25, 0.3) is 0 Å². The van der Waals surface area contributed by atoms with Gasteiger partial charge in [-0.3, -0.25) is 0 Å². The predicted molar refractivity (Wildman–Crippen MR) is 57.0 cm³/mol. The number of benzene rings is 1. The van der Waals surface area contributed by atoms with Crippen molar-refractivity contribution in [3.8, 4) is 0 Å². The molecule has 2 rings (SSSR count). The van der Waals surface area contributed by atoms with Gasteiger partial charge in [-0.25, -0.2) is 4.79 Å². The maximum Gasteiger partial charge on any atom is 0.372 e. The first-order valence-corrected chi connectivity index (χ1v) is 4.67. The fraction of sp³-hybridized carbons (Fsp3) is 0.182. The normalized spacial score (nSPS) is 10.7. The standard InChI is InChI=1S/C11H11NO3/c1-2-7-8-5-6(12)3-4-9(8)15-10(7)11(13)14/h3-5H,2,12H2,1H3,(H,13,14).